The fraction of sp³-hybridized carbons (Fsp3) is 0.941. The number of nitrogens with one attached hydrogen (secondary N) is 1. The Balaban J connectivity index is 2.45. The van der Waals surface area contributed by atoms with Crippen molar-refractivity contribution in [1.82, 2.24) is 10.2 Å². The fourth-order valence-corrected chi connectivity index (χ4v) is 3.30. The number of amides is 1. The predicted molar refractivity (Wildman–Crippen MR) is 95.7 cm³/mol. The second-order valence-corrected chi connectivity index (χ2v) is 8.25. The Bertz CT molecular complexity index is 331. The van der Waals surface area contributed by atoms with Crippen LogP contribution in [-0.2, 0) is 4.74 Å². The molecule has 0 spiro atoms. The van der Waals surface area contributed by atoms with E-state index in [-0.39, 0.29) is 6.09 Å². The van der Waals surface area contributed by atoms with Gasteiger partial charge in [0.15, 0.2) is 0 Å². The molecule has 0 bridgehead atoms. The third-order valence-corrected chi connectivity index (χ3v) is 4.60. The molecule has 2 atom stereocenters. The van der Waals surface area contributed by atoms with Gasteiger partial charge in [0.05, 0.1) is 0 Å². The minimum absolute atomic E-state index is 0.146. The molecule has 1 aliphatic rings. The topological polar surface area (TPSA) is 41.6 Å². The van der Waals surface area contributed by atoms with E-state index in [0.29, 0.717) is 12.1 Å². The average molecular weight is 331 g/mol. The van der Waals surface area contributed by atoms with Crippen molar-refractivity contribution in [1.29, 1.82) is 0 Å². The smallest absolute Gasteiger partial charge is 0.410 e. The maximum absolute atomic E-state index is 12.4. The van der Waals surface area contributed by atoms with E-state index >= 15 is 0 Å². The summed E-state index contributed by atoms with van der Waals surface area (Å²) < 4.78 is 5.57. The van der Waals surface area contributed by atoms with Crippen molar-refractivity contribution in [3.05, 3.63) is 0 Å². The van der Waals surface area contributed by atoms with E-state index in [9.17, 15) is 4.79 Å². The molecule has 22 heavy (non-hydrogen) atoms. The highest BCUT2D eigenvalue weighted by Gasteiger charge is 2.31. The molecular formula is C17H34N2O2S. The lowest BCUT2D eigenvalue weighted by Gasteiger charge is -2.38. The van der Waals surface area contributed by atoms with Crippen molar-refractivity contribution in [2.24, 2.45) is 0 Å². The Morgan fingerprint density at radius 2 is 2.14 bits per heavy atom. The quantitative estimate of drug-likeness (QED) is 0.719. The molecule has 1 fully saturated rings. The van der Waals surface area contributed by atoms with Gasteiger partial charge in [0.25, 0.3) is 0 Å². The largest absolute Gasteiger partial charge is 0.444 e. The second-order valence-electron chi connectivity index (χ2n) is 7.26. The van der Waals surface area contributed by atoms with Gasteiger partial charge >= 0.3 is 6.09 Å². The van der Waals surface area contributed by atoms with Crippen molar-refractivity contribution in [3.8, 4) is 0 Å². The number of nitrogens with zero attached hydrogens (tertiary/aromatic N) is 1. The van der Waals surface area contributed by atoms with E-state index in [4.69, 9.17) is 4.74 Å². The van der Waals surface area contributed by atoms with Crippen molar-refractivity contribution in [2.45, 2.75) is 77.5 Å². The number of hydrogen-bond donors (Lipinski definition) is 1. The highest BCUT2D eigenvalue weighted by Crippen LogP contribution is 2.23. The number of hydrogen-bond acceptors (Lipinski definition) is 4. The minimum Gasteiger partial charge on any atom is -0.444 e. The zero-order valence-corrected chi connectivity index (χ0v) is 15.8. The van der Waals surface area contributed by atoms with Gasteiger partial charge in [-0.2, -0.15) is 11.8 Å². The summed E-state index contributed by atoms with van der Waals surface area (Å²) >= 11 is 1.89. The van der Waals surface area contributed by atoms with Gasteiger partial charge in [-0.1, -0.05) is 0 Å². The molecule has 0 aromatic heterocycles. The Labute approximate surface area is 140 Å². The molecule has 1 aliphatic heterocycles. The number of carbonyl (C=O) groups is 1. The zero-order chi connectivity index (χ0) is 16.6. The molecule has 130 valence electrons. The first-order valence-corrected chi connectivity index (χ1v) is 9.95. The van der Waals surface area contributed by atoms with E-state index in [1.54, 1.807) is 0 Å². The Morgan fingerprint density at radius 1 is 1.41 bits per heavy atom. The maximum Gasteiger partial charge on any atom is 0.410 e. The van der Waals surface area contributed by atoms with Crippen LogP contribution in [0.5, 0.6) is 0 Å². The SMILES string of the molecule is CSCCCNC(C)CC1CCCCN1C(=O)OC(C)(C)C. The molecule has 0 aliphatic carbocycles. The van der Waals surface area contributed by atoms with Crippen LogP contribution < -0.4 is 5.32 Å². The lowest BCUT2D eigenvalue weighted by atomic mass is 9.96. The Hall–Kier alpha value is -0.420. The van der Waals surface area contributed by atoms with Crippen LogP contribution in [0.4, 0.5) is 4.79 Å². The van der Waals surface area contributed by atoms with Crippen LogP contribution in [0, 0.1) is 0 Å². The van der Waals surface area contributed by atoms with Crippen LogP contribution in [-0.4, -0.2) is 53.8 Å². The first-order chi connectivity index (χ1) is 10.3. The van der Waals surface area contributed by atoms with E-state index in [1.165, 1.54) is 18.6 Å². The summed E-state index contributed by atoms with van der Waals surface area (Å²) in [5.74, 6) is 1.20. The molecule has 1 saturated heterocycles. The number of likely N-dealkylation sites (tertiary alicyclic amines) is 1. The summed E-state index contributed by atoms with van der Waals surface area (Å²) in [4.78, 5) is 14.3. The summed E-state index contributed by atoms with van der Waals surface area (Å²) in [6.45, 7) is 9.90. The summed E-state index contributed by atoms with van der Waals surface area (Å²) in [6.07, 6.45) is 7.60. The van der Waals surface area contributed by atoms with Gasteiger partial charge in [0.2, 0.25) is 0 Å². The van der Waals surface area contributed by atoms with Crippen molar-refractivity contribution >= 4 is 17.9 Å². The molecule has 1 N–H and O–H groups in total. The number of ether oxygens (including phenoxy) is 1. The van der Waals surface area contributed by atoms with Crippen LogP contribution in [0.3, 0.4) is 0 Å². The summed E-state index contributed by atoms with van der Waals surface area (Å²) in [5.41, 5.74) is -0.416. The Morgan fingerprint density at radius 3 is 2.77 bits per heavy atom. The number of rotatable bonds is 7. The van der Waals surface area contributed by atoms with Gasteiger partial charge in [-0.3, -0.25) is 0 Å². The lowest BCUT2D eigenvalue weighted by Crippen LogP contribution is -2.48. The second kappa shape index (κ2) is 9.66. The van der Waals surface area contributed by atoms with E-state index < -0.39 is 5.60 Å². The summed E-state index contributed by atoms with van der Waals surface area (Å²) in [5, 5.41) is 3.58. The van der Waals surface area contributed by atoms with Crippen molar-refractivity contribution in [2.75, 3.05) is 25.1 Å². The summed E-state index contributed by atoms with van der Waals surface area (Å²) in [7, 11) is 0. The van der Waals surface area contributed by atoms with Crippen LogP contribution in [0.2, 0.25) is 0 Å². The van der Waals surface area contributed by atoms with Gasteiger partial charge in [0, 0.05) is 18.6 Å². The Kier molecular flexibility index (Phi) is 8.62. The van der Waals surface area contributed by atoms with Gasteiger partial charge < -0.3 is 15.0 Å². The average Bonchev–Trinajstić information content (AvgIpc) is 2.42. The van der Waals surface area contributed by atoms with E-state index in [2.05, 4.69) is 18.5 Å². The first kappa shape index (κ1) is 19.6. The molecule has 1 rings (SSSR count). The van der Waals surface area contributed by atoms with Gasteiger partial charge in [0.1, 0.15) is 5.60 Å². The lowest BCUT2D eigenvalue weighted by molar-refractivity contribution is 0.00792. The fourth-order valence-electron chi connectivity index (χ4n) is 2.86. The molecule has 0 aromatic rings. The standard InChI is InChI=1S/C17H34N2O2S/c1-14(18-10-8-12-22-5)13-15-9-6-7-11-19(15)16(20)21-17(2,3)4/h14-15,18H,6-13H2,1-5H3. The zero-order valence-electron chi connectivity index (χ0n) is 15.0. The molecule has 0 saturated carbocycles. The van der Waals surface area contributed by atoms with Crippen molar-refractivity contribution < 1.29 is 9.53 Å². The van der Waals surface area contributed by atoms with Gasteiger partial charge in [-0.05, 0) is 78.4 Å². The molecule has 0 aromatic carbocycles. The highest BCUT2D eigenvalue weighted by atomic mass is 32.2. The monoisotopic (exact) mass is 330 g/mol. The molecule has 2 unspecified atom stereocenters. The molecule has 5 heteroatoms. The van der Waals surface area contributed by atoms with Gasteiger partial charge in [-0.25, -0.2) is 4.79 Å². The van der Waals surface area contributed by atoms with Crippen LogP contribution in [0.25, 0.3) is 0 Å². The van der Waals surface area contributed by atoms with E-state index in [1.807, 2.05) is 37.4 Å². The normalized spacial score (nSPS) is 20.8. The third-order valence-electron chi connectivity index (χ3n) is 3.90. The molecular weight excluding hydrogens is 296 g/mol. The van der Waals surface area contributed by atoms with Crippen LogP contribution in [0.15, 0.2) is 0 Å². The number of carbonyl (C=O) groups excluding carboxylic acids is 1. The molecule has 4 nitrogen and oxygen atoms in total. The number of piperidine rings is 1. The van der Waals surface area contributed by atoms with E-state index in [0.717, 1.165) is 32.4 Å². The van der Waals surface area contributed by atoms with Gasteiger partial charge in [-0.15, -0.1) is 0 Å². The molecule has 0 radical (unpaired) electrons. The maximum atomic E-state index is 12.4. The third kappa shape index (κ3) is 7.73. The minimum atomic E-state index is -0.416. The summed E-state index contributed by atoms with van der Waals surface area (Å²) in [6, 6.07) is 0.751. The van der Waals surface area contributed by atoms with Crippen LogP contribution in [0.1, 0.15) is 59.8 Å². The predicted octanol–water partition coefficient (Wildman–Crippen LogP) is 3.90. The molecule has 1 heterocycles. The molecule has 1 amide bonds. The van der Waals surface area contributed by atoms with Crippen molar-refractivity contribution in [3.63, 3.8) is 0 Å². The number of thioether (sulfide) groups is 1. The van der Waals surface area contributed by atoms with Crippen LogP contribution >= 0.6 is 11.8 Å². The highest BCUT2D eigenvalue weighted by molar-refractivity contribution is 7.98. The first-order valence-electron chi connectivity index (χ1n) is 8.55.